The van der Waals surface area contributed by atoms with Gasteiger partial charge in [-0.3, -0.25) is 0 Å². The van der Waals surface area contributed by atoms with Crippen molar-refractivity contribution in [3.05, 3.63) is 23.8 Å². The van der Waals surface area contributed by atoms with Gasteiger partial charge in [-0.25, -0.2) is 0 Å². The normalized spacial score (nSPS) is 20.8. The molecule has 2 aliphatic heterocycles. The number of fused-ring (bicyclic) bond motifs is 1. The smallest absolute Gasteiger partial charge is 0.0469 e. The van der Waals surface area contributed by atoms with Crippen molar-refractivity contribution in [1.82, 2.24) is 0 Å². The molecule has 2 aliphatic rings. The molecule has 1 saturated heterocycles. The van der Waals surface area contributed by atoms with Crippen molar-refractivity contribution >= 4 is 11.4 Å². The quantitative estimate of drug-likeness (QED) is 0.815. The predicted octanol–water partition coefficient (Wildman–Crippen LogP) is 2.45. The van der Waals surface area contributed by atoms with Crippen LogP contribution in [0, 0.1) is 5.92 Å². The van der Waals surface area contributed by atoms with Crippen LogP contribution in [-0.2, 0) is 11.2 Å². The zero-order chi connectivity index (χ0) is 12.4. The maximum Gasteiger partial charge on any atom is 0.0469 e. The Balaban J connectivity index is 1.76. The molecule has 0 bridgehead atoms. The Morgan fingerprint density at radius 3 is 2.94 bits per heavy atom. The molecule has 0 amide bonds. The molecule has 98 valence electrons. The molecule has 3 heteroatoms. The summed E-state index contributed by atoms with van der Waals surface area (Å²) in [5.41, 5.74) is 9.78. The molecule has 0 aromatic heterocycles. The van der Waals surface area contributed by atoms with Crippen molar-refractivity contribution in [2.45, 2.75) is 25.7 Å². The lowest BCUT2D eigenvalue weighted by atomic mass is 9.95. The van der Waals surface area contributed by atoms with Gasteiger partial charge in [0.25, 0.3) is 0 Å². The van der Waals surface area contributed by atoms with Gasteiger partial charge in [-0.05, 0) is 49.3 Å². The van der Waals surface area contributed by atoms with E-state index < -0.39 is 0 Å². The fraction of sp³-hybridized carbons (Fsp3) is 0.600. The fourth-order valence-corrected chi connectivity index (χ4v) is 3.16. The van der Waals surface area contributed by atoms with E-state index in [-0.39, 0.29) is 0 Å². The topological polar surface area (TPSA) is 38.5 Å². The van der Waals surface area contributed by atoms with Gasteiger partial charge in [-0.1, -0.05) is 6.07 Å². The van der Waals surface area contributed by atoms with Crippen LogP contribution in [0.1, 0.15) is 24.8 Å². The van der Waals surface area contributed by atoms with E-state index in [2.05, 4.69) is 17.0 Å². The van der Waals surface area contributed by atoms with E-state index in [0.717, 1.165) is 31.2 Å². The van der Waals surface area contributed by atoms with Gasteiger partial charge >= 0.3 is 0 Å². The molecule has 1 aromatic carbocycles. The summed E-state index contributed by atoms with van der Waals surface area (Å²) in [6.45, 7) is 4.21. The van der Waals surface area contributed by atoms with E-state index in [9.17, 15) is 0 Å². The van der Waals surface area contributed by atoms with Crippen molar-refractivity contribution in [2.75, 3.05) is 36.9 Å². The van der Waals surface area contributed by atoms with Gasteiger partial charge < -0.3 is 15.4 Å². The zero-order valence-electron chi connectivity index (χ0n) is 10.9. The lowest BCUT2D eigenvalue weighted by Crippen LogP contribution is -2.36. The highest BCUT2D eigenvalue weighted by Crippen LogP contribution is 2.32. The second kappa shape index (κ2) is 5.19. The second-order valence-electron chi connectivity index (χ2n) is 5.45. The Kier molecular flexibility index (Phi) is 3.41. The van der Waals surface area contributed by atoms with Gasteiger partial charge in [0.15, 0.2) is 0 Å². The van der Waals surface area contributed by atoms with Crippen LogP contribution in [0.15, 0.2) is 18.2 Å². The van der Waals surface area contributed by atoms with Gasteiger partial charge in [-0.15, -0.1) is 0 Å². The SMILES string of the molecule is Nc1cccc2c1CCCN2CC1CCOCC1. The summed E-state index contributed by atoms with van der Waals surface area (Å²) in [6, 6.07) is 6.33. The van der Waals surface area contributed by atoms with E-state index in [4.69, 9.17) is 10.5 Å². The number of benzene rings is 1. The lowest BCUT2D eigenvalue weighted by Gasteiger charge is -2.35. The van der Waals surface area contributed by atoms with E-state index in [1.165, 1.54) is 43.6 Å². The number of nitrogens with two attached hydrogens (primary N) is 1. The average molecular weight is 246 g/mol. The number of nitrogen functional groups attached to an aromatic ring is 1. The Morgan fingerprint density at radius 2 is 2.11 bits per heavy atom. The number of anilines is 2. The molecule has 0 aliphatic carbocycles. The van der Waals surface area contributed by atoms with Gasteiger partial charge in [0.2, 0.25) is 0 Å². The largest absolute Gasteiger partial charge is 0.398 e. The Morgan fingerprint density at radius 1 is 1.28 bits per heavy atom. The molecule has 2 heterocycles. The average Bonchev–Trinajstić information content (AvgIpc) is 2.41. The molecule has 1 fully saturated rings. The fourth-order valence-electron chi connectivity index (χ4n) is 3.16. The van der Waals surface area contributed by atoms with Gasteiger partial charge in [0.05, 0.1) is 0 Å². The zero-order valence-corrected chi connectivity index (χ0v) is 10.9. The van der Waals surface area contributed by atoms with E-state index in [0.29, 0.717) is 0 Å². The first-order valence-electron chi connectivity index (χ1n) is 7.04. The van der Waals surface area contributed by atoms with E-state index >= 15 is 0 Å². The summed E-state index contributed by atoms with van der Waals surface area (Å²) < 4.78 is 5.44. The highest BCUT2D eigenvalue weighted by Gasteiger charge is 2.22. The molecule has 3 rings (SSSR count). The van der Waals surface area contributed by atoms with Gasteiger partial charge in [0.1, 0.15) is 0 Å². The van der Waals surface area contributed by atoms with E-state index in [1.807, 2.05) is 6.07 Å². The predicted molar refractivity (Wildman–Crippen MR) is 74.9 cm³/mol. The van der Waals surface area contributed by atoms with Crippen molar-refractivity contribution in [1.29, 1.82) is 0 Å². The Labute approximate surface area is 109 Å². The van der Waals surface area contributed by atoms with Crippen LogP contribution < -0.4 is 10.6 Å². The number of ether oxygens (including phenoxy) is 1. The maximum absolute atomic E-state index is 6.09. The van der Waals surface area contributed by atoms with Crippen LogP contribution in [-0.4, -0.2) is 26.3 Å². The number of hydrogen-bond acceptors (Lipinski definition) is 3. The highest BCUT2D eigenvalue weighted by molar-refractivity contribution is 5.66. The highest BCUT2D eigenvalue weighted by atomic mass is 16.5. The minimum absolute atomic E-state index is 0.783. The van der Waals surface area contributed by atoms with Crippen LogP contribution in [0.2, 0.25) is 0 Å². The van der Waals surface area contributed by atoms with Crippen LogP contribution in [0.25, 0.3) is 0 Å². The van der Waals surface area contributed by atoms with Crippen LogP contribution in [0.5, 0.6) is 0 Å². The van der Waals surface area contributed by atoms with E-state index in [1.54, 1.807) is 0 Å². The molecule has 1 aromatic rings. The van der Waals surface area contributed by atoms with Gasteiger partial charge in [-0.2, -0.15) is 0 Å². The molecule has 0 saturated carbocycles. The molecule has 0 radical (unpaired) electrons. The molecule has 2 N–H and O–H groups in total. The molecular formula is C15H22N2O. The molecule has 0 unspecified atom stereocenters. The molecular weight excluding hydrogens is 224 g/mol. The molecule has 18 heavy (non-hydrogen) atoms. The second-order valence-corrected chi connectivity index (χ2v) is 5.45. The molecule has 3 nitrogen and oxygen atoms in total. The first-order valence-corrected chi connectivity index (χ1v) is 7.04. The third-order valence-electron chi connectivity index (χ3n) is 4.20. The summed E-state index contributed by atoms with van der Waals surface area (Å²) >= 11 is 0. The molecule has 0 atom stereocenters. The minimum atomic E-state index is 0.783. The summed E-state index contributed by atoms with van der Waals surface area (Å²) in [5, 5.41) is 0. The summed E-state index contributed by atoms with van der Waals surface area (Å²) in [7, 11) is 0. The minimum Gasteiger partial charge on any atom is -0.398 e. The maximum atomic E-state index is 6.09. The Bertz CT molecular complexity index is 413. The number of rotatable bonds is 2. The van der Waals surface area contributed by atoms with Crippen LogP contribution in [0.4, 0.5) is 11.4 Å². The Hall–Kier alpha value is -1.22. The van der Waals surface area contributed by atoms with Crippen LogP contribution >= 0.6 is 0 Å². The van der Waals surface area contributed by atoms with Crippen molar-refractivity contribution < 1.29 is 4.74 Å². The summed E-state index contributed by atoms with van der Waals surface area (Å²) in [4.78, 5) is 2.53. The molecule has 0 spiro atoms. The number of nitrogens with zero attached hydrogens (tertiary/aromatic N) is 1. The third kappa shape index (κ3) is 2.32. The summed E-state index contributed by atoms with van der Waals surface area (Å²) in [5.74, 6) is 0.783. The lowest BCUT2D eigenvalue weighted by molar-refractivity contribution is 0.0681. The van der Waals surface area contributed by atoms with Crippen molar-refractivity contribution in [3.8, 4) is 0 Å². The van der Waals surface area contributed by atoms with Gasteiger partial charge in [0, 0.05) is 37.7 Å². The standard InChI is InChI=1S/C15H22N2O/c16-14-4-1-5-15-13(14)3-2-8-17(15)11-12-6-9-18-10-7-12/h1,4-5,12H,2-3,6-11,16H2. The third-order valence-corrected chi connectivity index (χ3v) is 4.20. The monoisotopic (exact) mass is 246 g/mol. The van der Waals surface area contributed by atoms with Crippen LogP contribution in [0.3, 0.4) is 0 Å². The van der Waals surface area contributed by atoms with Crippen molar-refractivity contribution in [2.24, 2.45) is 5.92 Å². The van der Waals surface area contributed by atoms with Crippen molar-refractivity contribution in [3.63, 3.8) is 0 Å². The number of hydrogen-bond donors (Lipinski definition) is 1. The summed E-state index contributed by atoms with van der Waals surface area (Å²) in [6.07, 6.45) is 4.76. The first-order chi connectivity index (χ1) is 8.84. The first kappa shape index (κ1) is 11.8.